The summed E-state index contributed by atoms with van der Waals surface area (Å²) in [6.45, 7) is 6.24. The summed E-state index contributed by atoms with van der Waals surface area (Å²) in [6, 6.07) is 3.57. The molecule has 1 aliphatic rings. The Kier molecular flexibility index (Phi) is 4.74. The Balaban J connectivity index is 1.88. The zero-order chi connectivity index (χ0) is 13.7. The Morgan fingerprint density at radius 3 is 3.11 bits per heavy atom. The Bertz CT molecular complexity index is 435. The molecule has 0 radical (unpaired) electrons. The Morgan fingerprint density at radius 2 is 2.42 bits per heavy atom. The van der Waals surface area contributed by atoms with E-state index in [0.29, 0.717) is 17.3 Å². The Labute approximate surface area is 114 Å². The van der Waals surface area contributed by atoms with E-state index in [4.69, 9.17) is 0 Å². The summed E-state index contributed by atoms with van der Waals surface area (Å²) in [6.07, 6.45) is 2.85. The monoisotopic (exact) mass is 262 g/mol. The molecule has 1 aromatic heterocycles. The molecule has 2 rings (SSSR count). The van der Waals surface area contributed by atoms with Crippen LogP contribution in [0, 0.1) is 5.92 Å². The van der Waals surface area contributed by atoms with Crippen LogP contribution in [0.5, 0.6) is 0 Å². The molecule has 0 spiro atoms. The molecule has 1 amide bonds. The van der Waals surface area contributed by atoms with Gasteiger partial charge in [-0.1, -0.05) is 6.92 Å². The summed E-state index contributed by atoms with van der Waals surface area (Å²) in [5, 5.41) is 5.96. The fourth-order valence-corrected chi connectivity index (χ4v) is 2.49. The molecule has 0 saturated carbocycles. The number of carbonyl (C=O) groups excluding carboxylic acids is 1. The maximum Gasteiger partial charge on any atom is 0.255 e. The van der Waals surface area contributed by atoms with Crippen LogP contribution >= 0.6 is 0 Å². The Hall–Kier alpha value is -1.62. The number of nitrogens with zero attached hydrogens (tertiary/aromatic N) is 2. The number of aromatic nitrogens is 1. The number of anilines is 1. The first kappa shape index (κ1) is 13.8. The number of amides is 1. The molecule has 1 saturated heterocycles. The first-order valence-corrected chi connectivity index (χ1v) is 6.88. The van der Waals surface area contributed by atoms with Crippen LogP contribution in [0.15, 0.2) is 18.3 Å². The average molecular weight is 262 g/mol. The minimum atomic E-state index is -0.0487. The fraction of sp³-hybridized carbons (Fsp3) is 0.571. The molecule has 1 aromatic rings. The van der Waals surface area contributed by atoms with Crippen LogP contribution in [0.4, 0.5) is 5.82 Å². The molecule has 104 valence electrons. The van der Waals surface area contributed by atoms with Gasteiger partial charge in [-0.2, -0.15) is 0 Å². The van der Waals surface area contributed by atoms with E-state index in [1.165, 1.54) is 6.42 Å². The van der Waals surface area contributed by atoms with E-state index < -0.39 is 0 Å². The van der Waals surface area contributed by atoms with E-state index in [0.717, 1.165) is 26.2 Å². The van der Waals surface area contributed by atoms with Gasteiger partial charge in [0.25, 0.3) is 5.91 Å². The molecule has 5 nitrogen and oxygen atoms in total. The van der Waals surface area contributed by atoms with Crippen LogP contribution < -0.4 is 10.6 Å². The van der Waals surface area contributed by atoms with Gasteiger partial charge in [0.2, 0.25) is 0 Å². The van der Waals surface area contributed by atoms with Crippen molar-refractivity contribution in [2.75, 3.05) is 38.5 Å². The van der Waals surface area contributed by atoms with Crippen molar-refractivity contribution < 1.29 is 4.79 Å². The lowest BCUT2D eigenvalue weighted by atomic mass is 10.1. The van der Waals surface area contributed by atoms with Crippen LogP contribution in [0.25, 0.3) is 0 Å². The van der Waals surface area contributed by atoms with Crippen molar-refractivity contribution >= 4 is 11.7 Å². The molecular weight excluding hydrogens is 240 g/mol. The first-order valence-electron chi connectivity index (χ1n) is 6.88. The van der Waals surface area contributed by atoms with E-state index in [1.54, 1.807) is 25.4 Å². The molecule has 5 heteroatoms. The largest absolute Gasteiger partial charge is 0.372 e. The van der Waals surface area contributed by atoms with Crippen LogP contribution in [0.2, 0.25) is 0 Å². The lowest BCUT2D eigenvalue weighted by molar-refractivity contribution is 0.0948. The number of hydrogen-bond acceptors (Lipinski definition) is 4. The van der Waals surface area contributed by atoms with Crippen LogP contribution in [-0.4, -0.2) is 49.0 Å². The first-order chi connectivity index (χ1) is 9.24. The maximum absolute atomic E-state index is 12.1. The predicted octanol–water partition coefficient (Wildman–Crippen LogP) is 1.19. The van der Waals surface area contributed by atoms with Crippen molar-refractivity contribution in [3.05, 3.63) is 23.9 Å². The van der Waals surface area contributed by atoms with Gasteiger partial charge in [0.05, 0.1) is 5.56 Å². The van der Waals surface area contributed by atoms with E-state index >= 15 is 0 Å². The van der Waals surface area contributed by atoms with Crippen molar-refractivity contribution in [3.63, 3.8) is 0 Å². The number of pyridine rings is 1. The molecule has 0 bridgehead atoms. The van der Waals surface area contributed by atoms with Crippen LogP contribution in [0.1, 0.15) is 23.7 Å². The molecule has 1 fully saturated rings. The summed E-state index contributed by atoms with van der Waals surface area (Å²) >= 11 is 0. The minimum absolute atomic E-state index is 0.0487. The minimum Gasteiger partial charge on any atom is -0.372 e. The normalized spacial score (nSPS) is 19.4. The van der Waals surface area contributed by atoms with Gasteiger partial charge in [-0.25, -0.2) is 4.98 Å². The topological polar surface area (TPSA) is 57.3 Å². The number of carbonyl (C=O) groups is 1. The maximum atomic E-state index is 12.1. The van der Waals surface area contributed by atoms with Crippen molar-refractivity contribution in [1.29, 1.82) is 0 Å². The highest BCUT2D eigenvalue weighted by Gasteiger charge is 2.22. The molecule has 2 N–H and O–H groups in total. The molecule has 19 heavy (non-hydrogen) atoms. The zero-order valence-electron chi connectivity index (χ0n) is 11.6. The third-order valence-electron chi connectivity index (χ3n) is 3.66. The highest BCUT2D eigenvalue weighted by atomic mass is 16.1. The summed E-state index contributed by atoms with van der Waals surface area (Å²) in [4.78, 5) is 18.7. The Morgan fingerprint density at radius 1 is 1.58 bits per heavy atom. The van der Waals surface area contributed by atoms with Gasteiger partial charge in [-0.3, -0.25) is 4.79 Å². The molecule has 0 aliphatic carbocycles. The van der Waals surface area contributed by atoms with Gasteiger partial charge in [0.15, 0.2) is 0 Å². The fourth-order valence-electron chi connectivity index (χ4n) is 2.49. The second-order valence-corrected chi connectivity index (χ2v) is 4.91. The van der Waals surface area contributed by atoms with E-state index in [1.807, 2.05) is 0 Å². The number of rotatable bonds is 5. The summed E-state index contributed by atoms with van der Waals surface area (Å²) < 4.78 is 0. The molecule has 1 aliphatic heterocycles. The lowest BCUT2D eigenvalue weighted by Crippen LogP contribution is -2.31. The molecule has 2 heterocycles. The van der Waals surface area contributed by atoms with E-state index in [-0.39, 0.29) is 5.91 Å². The number of hydrogen-bond donors (Lipinski definition) is 2. The highest BCUT2D eigenvalue weighted by Crippen LogP contribution is 2.15. The SMILES string of the molecule is CCN1CCC(CNC(=O)c2cccnc2NC)C1. The number of likely N-dealkylation sites (tertiary alicyclic amines) is 1. The molecule has 0 aromatic carbocycles. The highest BCUT2D eigenvalue weighted by molar-refractivity contribution is 5.98. The summed E-state index contributed by atoms with van der Waals surface area (Å²) in [5.74, 6) is 1.15. The van der Waals surface area contributed by atoms with Crippen molar-refractivity contribution in [1.82, 2.24) is 15.2 Å². The smallest absolute Gasteiger partial charge is 0.255 e. The molecule has 1 atom stereocenters. The van der Waals surface area contributed by atoms with Gasteiger partial charge >= 0.3 is 0 Å². The third kappa shape index (κ3) is 3.44. The van der Waals surface area contributed by atoms with Gasteiger partial charge in [0, 0.05) is 26.3 Å². The predicted molar refractivity (Wildman–Crippen MR) is 76.3 cm³/mol. The average Bonchev–Trinajstić information content (AvgIpc) is 2.92. The van der Waals surface area contributed by atoms with Gasteiger partial charge in [-0.05, 0) is 37.6 Å². The molecular formula is C14H22N4O. The van der Waals surface area contributed by atoms with Crippen molar-refractivity contribution in [3.8, 4) is 0 Å². The lowest BCUT2D eigenvalue weighted by Gasteiger charge is -2.14. The quantitative estimate of drug-likeness (QED) is 0.837. The summed E-state index contributed by atoms with van der Waals surface area (Å²) in [5.41, 5.74) is 0.607. The zero-order valence-corrected chi connectivity index (χ0v) is 11.6. The van der Waals surface area contributed by atoms with Crippen LogP contribution in [0.3, 0.4) is 0 Å². The van der Waals surface area contributed by atoms with Crippen molar-refractivity contribution in [2.45, 2.75) is 13.3 Å². The second-order valence-electron chi connectivity index (χ2n) is 4.91. The molecule has 1 unspecified atom stereocenters. The van der Waals surface area contributed by atoms with Gasteiger partial charge < -0.3 is 15.5 Å². The van der Waals surface area contributed by atoms with Crippen LogP contribution in [-0.2, 0) is 0 Å². The second kappa shape index (κ2) is 6.52. The van der Waals surface area contributed by atoms with Crippen molar-refractivity contribution in [2.24, 2.45) is 5.92 Å². The van der Waals surface area contributed by atoms with Gasteiger partial charge in [0.1, 0.15) is 5.82 Å². The number of nitrogens with one attached hydrogen (secondary N) is 2. The summed E-state index contributed by atoms with van der Waals surface area (Å²) in [7, 11) is 1.77. The van der Waals surface area contributed by atoms with E-state index in [9.17, 15) is 4.79 Å². The standard InChI is InChI=1S/C14H22N4O/c1-3-18-8-6-11(10-18)9-17-14(19)12-5-4-7-16-13(12)15-2/h4-5,7,11H,3,6,8-10H2,1-2H3,(H,15,16)(H,17,19). The third-order valence-corrected chi connectivity index (χ3v) is 3.66. The van der Waals surface area contributed by atoms with Gasteiger partial charge in [-0.15, -0.1) is 0 Å². The van der Waals surface area contributed by atoms with E-state index in [2.05, 4.69) is 27.4 Å².